The van der Waals surface area contributed by atoms with Crippen LogP contribution in [-0.4, -0.2) is 20.9 Å². The summed E-state index contributed by atoms with van der Waals surface area (Å²) < 4.78 is 40.2. The van der Waals surface area contributed by atoms with E-state index in [1.54, 1.807) is 12.1 Å². The summed E-state index contributed by atoms with van der Waals surface area (Å²) in [5.74, 6) is -1.01. The second-order valence-electron chi connectivity index (χ2n) is 4.78. The lowest BCUT2D eigenvalue weighted by Crippen LogP contribution is -2.27. The molecule has 0 radical (unpaired) electrons. The first-order valence-corrected chi connectivity index (χ1v) is 9.43. The predicted molar refractivity (Wildman–Crippen MR) is 94.0 cm³/mol. The molecule has 24 heavy (non-hydrogen) atoms. The van der Waals surface area contributed by atoms with Crippen molar-refractivity contribution in [3.8, 4) is 0 Å². The van der Waals surface area contributed by atoms with Crippen molar-refractivity contribution in [1.82, 2.24) is 4.72 Å². The van der Waals surface area contributed by atoms with Gasteiger partial charge in [0, 0.05) is 23.1 Å². The molecule has 0 unspecified atom stereocenters. The molecule has 0 atom stereocenters. The van der Waals surface area contributed by atoms with Gasteiger partial charge in [0.05, 0.1) is 9.92 Å². The second-order valence-corrected chi connectivity index (χ2v) is 7.87. The van der Waals surface area contributed by atoms with Crippen LogP contribution < -0.4 is 10.0 Å². The highest BCUT2D eigenvalue weighted by molar-refractivity contribution is 9.10. The Morgan fingerprint density at radius 3 is 2.62 bits per heavy atom. The molecule has 2 N–H and O–H groups in total. The number of sulfonamides is 1. The summed E-state index contributed by atoms with van der Waals surface area (Å²) in [6, 6.07) is 10.00. The largest absolute Gasteiger partial charge is 0.326 e. The fourth-order valence-corrected chi connectivity index (χ4v) is 3.62. The molecule has 0 aliphatic heterocycles. The minimum absolute atomic E-state index is 0.0738. The number of benzene rings is 2. The third-order valence-corrected chi connectivity index (χ3v) is 5.20. The predicted octanol–water partition coefficient (Wildman–Crippen LogP) is 3.55. The van der Waals surface area contributed by atoms with Crippen LogP contribution in [0.15, 0.2) is 51.8 Å². The molecular formula is C15H13BrClFN2O3S. The zero-order valence-corrected chi connectivity index (χ0v) is 15.4. The molecule has 5 nitrogen and oxygen atoms in total. The lowest BCUT2D eigenvalue weighted by Gasteiger charge is -2.08. The first-order chi connectivity index (χ1) is 11.3. The smallest absolute Gasteiger partial charge is 0.240 e. The van der Waals surface area contributed by atoms with Gasteiger partial charge in [-0.2, -0.15) is 0 Å². The van der Waals surface area contributed by atoms with E-state index in [0.717, 1.165) is 6.07 Å². The SMILES string of the molecule is O=C(CCNS(=O)(=O)c1cccc(Br)c1)Nc1ccc(F)c(Cl)c1. The number of anilines is 1. The normalized spacial score (nSPS) is 11.3. The molecule has 2 rings (SSSR count). The molecule has 0 heterocycles. The Hall–Kier alpha value is -1.48. The minimum atomic E-state index is -3.69. The molecule has 0 aromatic heterocycles. The van der Waals surface area contributed by atoms with Crippen molar-refractivity contribution >= 4 is 49.1 Å². The summed E-state index contributed by atoms with van der Waals surface area (Å²) in [5.41, 5.74) is 0.334. The van der Waals surface area contributed by atoms with E-state index in [0.29, 0.717) is 10.2 Å². The summed E-state index contributed by atoms with van der Waals surface area (Å²) in [6.07, 6.45) is -0.0811. The van der Waals surface area contributed by atoms with Gasteiger partial charge in [-0.15, -0.1) is 0 Å². The Labute approximate surface area is 152 Å². The fraction of sp³-hybridized carbons (Fsp3) is 0.133. The van der Waals surface area contributed by atoms with Crippen LogP contribution in [0.4, 0.5) is 10.1 Å². The van der Waals surface area contributed by atoms with Gasteiger partial charge in [-0.1, -0.05) is 33.6 Å². The molecule has 0 saturated carbocycles. The number of hydrogen-bond acceptors (Lipinski definition) is 3. The van der Waals surface area contributed by atoms with E-state index in [-0.39, 0.29) is 22.9 Å². The maximum atomic E-state index is 13.0. The van der Waals surface area contributed by atoms with Gasteiger partial charge in [0.25, 0.3) is 0 Å². The number of carbonyl (C=O) groups is 1. The van der Waals surface area contributed by atoms with Crippen LogP contribution >= 0.6 is 27.5 Å². The van der Waals surface area contributed by atoms with Crippen LogP contribution in [0.5, 0.6) is 0 Å². The van der Waals surface area contributed by atoms with Crippen molar-refractivity contribution in [2.45, 2.75) is 11.3 Å². The molecule has 2 aromatic carbocycles. The Bertz CT molecular complexity index is 862. The van der Waals surface area contributed by atoms with E-state index < -0.39 is 21.7 Å². The molecular weight excluding hydrogens is 423 g/mol. The van der Waals surface area contributed by atoms with E-state index in [2.05, 4.69) is 26.0 Å². The van der Waals surface area contributed by atoms with Crippen molar-refractivity contribution < 1.29 is 17.6 Å². The molecule has 0 fully saturated rings. The average Bonchev–Trinajstić information content (AvgIpc) is 2.51. The molecule has 128 valence electrons. The highest BCUT2D eigenvalue weighted by Crippen LogP contribution is 2.19. The number of nitrogens with one attached hydrogen (secondary N) is 2. The summed E-state index contributed by atoms with van der Waals surface area (Å²) in [4.78, 5) is 11.9. The monoisotopic (exact) mass is 434 g/mol. The van der Waals surface area contributed by atoms with Crippen LogP contribution in [0.2, 0.25) is 5.02 Å². The van der Waals surface area contributed by atoms with Gasteiger partial charge in [-0.25, -0.2) is 17.5 Å². The van der Waals surface area contributed by atoms with Gasteiger partial charge >= 0.3 is 0 Å². The maximum Gasteiger partial charge on any atom is 0.240 e. The number of amides is 1. The van der Waals surface area contributed by atoms with Gasteiger partial charge in [0.15, 0.2) is 0 Å². The van der Waals surface area contributed by atoms with E-state index in [1.165, 1.54) is 24.3 Å². The van der Waals surface area contributed by atoms with E-state index in [9.17, 15) is 17.6 Å². The van der Waals surface area contributed by atoms with Crippen molar-refractivity contribution in [2.24, 2.45) is 0 Å². The lowest BCUT2D eigenvalue weighted by atomic mass is 10.3. The standard InChI is InChI=1S/C15H13BrClFN2O3S/c16-10-2-1-3-12(8-10)24(22,23)19-7-6-15(21)20-11-4-5-14(18)13(17)9-11/h1-5,8-9,19H,6-7H2,(H,20,21). The first kappa shape index (κ1) is 18.9. The highest BCUT2D eigenvalue weighted by Gasteiger charge is 2.14. The molecule has 9 heteroatoms. The van der Waals surface area contributed by atoms with Crippen molar-refractivity contribution in [3.05, 3.63) is 57.8 Å². The quantitative estimate of drug-likeness (QED) is 0.729. The Morgan fingerprint density at radius 1 is 1.21 bits per heavy atom. The minimum Gasteiger partial charge on any atom is -0.326 e. The number of carbonyl (C=O) groups excluding carboxylic acids is 1. The topological polar surface area (TPSA) is 75.3 Å². The Morgan fingerprint density at radius 2 is 1.96 bits per heavy atom. The number of hydrogen-bond donors (Lipinski definition) is 2. The first-order valence-electron chi connectivity index (χ1n) is 6.78. The fourth-order valence-electron chi connectivity index (χ4n) is 1.81. The summed E-state index contributed by atoms with van der Waals surface area (Å²) in [6.45, 7) is -0.0738. The van der Waals surface area contributed by atoms with Crippen molar-refractivity contribution in [2.75, 3.05) is 11.9 Å². The maximum absolute atomic E-state index is 13.0. The third-order valence-electron chi connectivity index (χ3n) is 2.95. The van der Waals surface area contributed by atoms with Crippen LogP contribution in [0, 0.1) is 5.82 Å². The molecule has 0 spiro atoms. The number of halogens is 3. The Kier molecular flexibility index (Phi) is 6.34. The zero-order chi connectivity index (χ0) is 17.7. The molecule has 1 amide bonds. The highest BCUT2D eigenvalue weighted by atomic mass is 79.9. The zero-order valence-electron chi connectivity index (χ0n) is 12.2. The third kappa shape index (κ3) is 5.27. The van der Waals surface area contributed by atoms with Crippen molar-refractivity contribution in [3.63, 3.8) is 0 Å². The molecule has 0 aliphatic rings. The molecule has 0 saturated heterocycles. The second kappa shape index (κ2) is 8.06. The van der Waals surface area contributed by atoms with E-state index in [4.69, 9.17) is 11.6 Å². The molecule has 0 bridgehead atoms. The van der Waals surface area contributed by atoms with Crippen LogP contribution in [0.25, 0.3) is 0 Å². The van der Waals surface area contributed by atoms with Gasteiger partial charge in [-0.05, 0) is 36.4 Å². The average molecular weight is 436 g/mol. The molecule has 2 aromatic rings. The van der Waals surface area contributed by atoms with E-state index >= 15 is 0 Å². The van der Waals surface area contributed by atoms with Crippen LogP contribution in [-0.2, 0) is 14.8 Å². The molecule has 0 aliphatic carbocycles. The van der Waals surface area contributed by atoms with Gasteiger partial charge in [-0.3, -0.25) is 4.79 Å². The van der Waals surface area contributed by atoms with Gasteiger partial charge in [0.1, 0.15) is 5.82 Å². The summed E-state index contributed by atoms with van der Waals surface area (Å²) in [7, 11) is -3.69. The summed E-state index contributed by atoms with van der Waals surface area (Å²) in [5, 5.41) is 2.40. The van der Waals surface area contributed by atoms with Gasteiger partial charge < -0.3 is 5.32 Å². The Balaban J connectivity index is 1.89. The lowest BCUT2D eigenvalue weighted by molar-refractivity contribution is -0.116. The van der Waals surface area contributed by atoms with Gasteiger partial charge in [0.2, 0.25) is 15.9 Å². The van der Waals surface area contributed by atoms with E-state index in [1.807, 2.05) is 0 Å². The summed E-state index contributed by atoms with van der Waals surface area (Å²) >= 11 is 8.82. The van der Waals surface area contributed by atoms with Crippen LogP contribution in [0.3, 0.4) is 0 Å². The number of rotatable bonds is 6. The van der Waals surface area contributed by atoms with Crippen molar-refractivity contribution in [1.29, 1.82) is 0 Å². The van der Waals surface area contributed by atoms with Crippen LogP contribution in [0.1, 0.15) is 6.42 Å².